The third-order valence-electron chi connectivity index (χ3n) is 1.88. The van der Waals surface area contributed by atoms with Crippen molar-refractivity contribution in [3.05, 3.63) is 11.1 Å². The van der Waals surface area contributed by atoms with Crippen molar-refractivity contribution in [2.75, 3.05) is 0 Å². The molecule has 0 aliphatic carbocycles. The van der Waals surface area contributed by atoms with Gasteiger partial charge in [-0.05, 0) is 13.3 Å². The Bertz CT molecular complexity index is 339. The number of nitrogens with one attached hydrogen (secondary N) is 1. The molecule has 0 aromatic rings. The fraction of sp³-hybridized carbons (Fsp3) is 0.636. The number of hydrogen-bond donors (Lipinski definition) is 2. The minimum absolute atomic E-state index is 0.156. The first-order valence-electron chi connectivity index (χ1n) is 5.61. The van der Waals surface area contributed by atoms with Crippen LogP contribution in [0.3, 0.4) is 0 Å². The van der Waals surface area contributed by atoms with Crippen molar-refractivity contribution >= 4 is 69.2 Å². The Hall–Kier alpha value is 0.600. The van der Waals surface area contributed by atoms with Crippen molar-refractivity contribution in [1.29, 1.82) is 0 Å². The number of amidine groups is 1. The molecule has 0 rings (SSSR count). The first-order chi connectivity index (χ1) is 8.40. The zero-order chi connectivity index (χ0) is 14.1. The van der Waals surface area contributed by atoms with Crippen LogP contribution in [0, 0.1) is 0 Å². The monoisotopic (exact) mass is 419 g/mol. The number of thioether (sulfide) groups is 1. The van der Waals surface area contributed by atoms with Gasteiger partial charge in [0, 0.05) is 16.4 Å². The van der Waals surface area contributed by atoms with Gasteiger partial charge in [-0.2, -0.15) is 3.21 Å². The van der Waals surface area contributed by atoms with Gasteiger partial charge in [0.2, 0.25) is 0 Å². The first kappa shape index (κ1) is 18.6. The Morgan fingerprint density at radius 3 is 2.56 bits per heavy atom. The molecule has 0 radical (unpaired) electrons. The zero-order valence-corrected chi connectivity index (χ0v) is 15.6. The zero-order valence-electron chi connectivity index (χ0n) is 10.9. The summed E-state index contributed by atoms with van der Waals surface area (Å²) in [6.07, 6.45) is 2.75. The van der Waals surface area contributed by atoms with Crippen LogP contribution < -0.4 is 5.32 Å². The highest BCUT2D eigenvalue weighted by molar-refractivity contribution is 14.1. The molecule has 0 aliphatic rings. The van der Waals surface area contributed by atoms with E-state index in [1.807, 2.05) is 29.1 Å². The normalized spacial score (nSPS) is 16.1. The maximum absolute atomic E-state index is 5.78. The Morgan fingerprint density at radius 2 is 2.17 bits per heavy atom. The summed E-state index contributed by atoms with van der Waals surface area (Å²) in [6, 6.07) is 0.156. The van der Waals surface area contributed by atoms with Crippen LogP contribution in [-0.4, -0.2) is 21.6 Å². The van der Waals surface area contributed by atoms with Gasteiger partial charge in [-0.15, -0.1) is 24.4 Å². The van der Waals surface area contributed by atoms with Crippen molar-refractivity contribution in [1.82, 2.24) is 5.32 Å². The van der Waals surface area contributed by atoms with Gasteiger partial charge in [0.1, 0.15) is 5.17 Å². The van der Waals surface area contributed by atoms with Crippen molar-refractivity contribution in [2.24, 2.45) is 8.20 Å². The van der Waals surface area contributed by atoms with Gasteiger partial charge >= 0.3 is 0 Å². The van der Waals surface area contributed by atoms with E-state index in [1.165, 1.54) is 0 Å². The van der Waals surface area contributed by atoms with E-state index in [9.17, 15) is 0 Å². The van der Waals surface area contributed by atoms with E-state index in [1.54, 1.807) is 18.7 Å². The SMILES string of the molecule is CCC(N/C(S)=N/I)/C(=C/N=C(\C)Cl)SC(C)C. The fourth-order valence-corrected chi connectivity index (χ4v) is 2.57. The van der Waals surface area contributed by atoms with E-state index in [0.717, 1.165) is 11.3 Å². The van der Waals surface area contributed by atoms with Crippen LogP contribution >= 0.6 is 58.9 Å². The molecule has 0 saturated carbocycles. The highest BCUT2D eigenvalue weighted by Gasteiger charge is 2.15. The lowest BCUT2D eigenvalue weighted by Gasteiger charge is -2.21. The van der Waals surface area contributed by atoms with Crippen LogP contribution in [0.15, 0.2) is 19.3 Å². The molecular weight excluding hydrogens is 401 g/mol. The predicted octanol–water partition coefficient (Wildman–Crippen LogP) is 4.63. The molecular formula is C11H19ClIN3S2. The lowest BCUT2D eigenvalue weighted by atomic mass is 10.2. The summed E-state index contributed by atoms with van der Waals surface area (Å²) in [5.41, 5.74) is 0. The topological polar surface area (TPSA) is 36.8 Å². The third kappa shape index (κ3) is 8.66. The molecule has 0 aromatic carbocycles. The smallest absolute Gasteiger partial charge is 0.164 e. The molecule has 7 heteroatoms. The van der Waals surface area contributed by atoms with Crippen LogP contribution in [0.2, 0.25) is 0 Å². The summed E-state index contributed by atoms with van der Waals surface area (Å²) < 4.78 is 3.97. The van der Waals surface area contributed by atoms with E-state index >= 15 is 0 Å². The molecule has 3 nitrogen and oxygen atoms in total. The van der Waals surface area contributed by atoms with Gasteiger partial charge in [0.25, 0.3) is 0 Å². The van der Waals surface area contributed by atoms with Crippen LogP contribution in [0.1, 0.15) is 34.1 Å². The molecule has 0 bridgehead atoms. The average Bonchev–Trinajstić information content (AvgIpc) is 2.30. The molecule has 104 valence electrons. The van der Waals surface area contributed by atoms with Crippen molar-refractivity contribution in [3.8, 4) is 0 Å². The van der Waals surface area contributed by atoms with Crippen LogP contribution in [0.25, 0.3) is 0 Å². The maximum atomic E-state index is 5.78. The van der Waals surface area contributed by atoms with Gasteiger partial charge in [-0.3, -0.25) is 0 Å². The summed E-state index contributed by atoms with van der Waals surface area (Å²) >= 11 is 13.7. The Kier molecular flexibility index (Phi) is 10.7. The second-order valence-corrected chi connectivity index (χ2v) is 6.94. The highest BCUT2D eigenvalue weighted by atomic mass is 127. The van der Waals surface area contributed by atoms with Crippen molar-refractivity contribution in [3.63, 3.8) is 0 Å². The molecule has 0 fully saturated rings. The fourth-order valence-electron chi connectivity index (χ4n) is 1.18. The number of aliphatic imine (C=N–C) groups is 1. The standard InChI is InChI=1S/C11H19ClIN3S2/c1-5-9(15-11(17)16-13)10(18-7(2)3)6-14-8(4)12/h6-7,9H,5H2,1-4H3,(H2,15,16,17)/b10-6-,14-8+. The quantitative estimate of drug-likeness (QED) is 0.285. The molecule has 0 amide bonds. The second kappa shape index (κ2) is 10.4. The largest absolute Gasteiger partial charge is 0.357 e. The molecule has 1 atom stereocenters. The number of nitrogens with zero attached hydrogens (tertiary/aromatic N) is 2. The number of hydrogen-bond acceptors (Lipinski definition) is 3. The van der Waals surface area contributed by atoms with E-state index in [-0.39, 0.29) is 6.04 Å². The maximum Gasteiger partial charge on any atom is 0.164 e. The molecule has 0 aliphatic heterocycles. The number of thiol groups is 1. The molecule has 0 spiro atoms. The average molecular weight is 420 g/mol. The minimum Gasteiger partial charge on any atom is -0.357 e. The Balaban J connectivity index is 5.01. The van der Waals surface area contributed by atoms with Crippen LogP contribution in [-0.2, 0) is 0 Å². The Morgan fingerprint density at radius 1 is 1.56 bits per heavy atom. The van der Waals surface area contributed by atoms with Gasteiger partial charge in [-0.1, -0.05) is 32.4 Å². The summed E-state index contributed by atoms with van der Waals surface area (Å²) in [4.78, 5) is 5.31. The summed E-state index contributed by atoms with van der Waals surface area (Å²) in [5, 5.41) is 4.88. The minimum atomic E-state index is 0.156. The van der Waals surface area contributed by atoms with Crippen molar-refractivity contribution in [2.45, 2.75) is 45.4 Å². The highest BCUT2D eigenvalue weighted by Crippen LogP contribution is 2.26. The summed E-state index contributed by atoms with van der Waals surface area (Å²) in [7, 11) is 0. The summed E-state index contributed by atoms with van der Waals surface area (Å²) in [6.45, 7) is 8.17. The lowest BCUT2D eigenvalue weighted by Crippen LogP contribution is -2.32. The molecule has 18 heavy (non-hydrogen) atoms. The molecule has 1 unspecified atom stereocenters. The molecule has 1 N–H and O–H groups in total. The predicted molar refractivity (Wildman–Crippen MR) is 97.4 cm³/mol. The second-order valence-electron chi connectivity index (χ2n) is 3.84. The van der Waals surface area contributed by atoms with Gasteiger partial charge in [0.15, 0.2) is 5.17 Å². The van der Waals surface area contributed by atoms with E-state index in [4.69, 9.17) is 11.6 Å². The Labute approximate surface area is 138 Å². The molecule has 0 aromatic heterocycles. The van der Waals surface area contributed by atoms with Crippen LogP contribution in [0.4, 0.5) is 0 Å². The van der Waals surface area contributed by atoms with E-state index < -0.39 is 0 Å². The lowest BCUT2D eigenvalue weighted by molar-refractivity contribution is 0.698. The number of halogens is 2. The first-order valence-corrected chi connectivity index (χ1v) is 8.28. The van der Waals surface area contributed by atoms with Gasteiger partial charge in [-0.25, -0.2) is 4.99 Å². The number of rotatable bonds is 6. The van der Waals surface area contributed by atoms with E-state index in [2.05, 4.69) is 46.9 Å². The third-order valence-corrected chi connectivity index (χ3v) is 4.20. The van der Waals surface area contributed by atoms with E-state index in [0.29, 0.717) is 15.6 Å². The van der Waals surface area contributed by atoms with Gasteiger partial charge in [0.05, 0.1) is 28.9 Å². The van der Waals surface area contributed by atoms with Crippen LogP contribution in [0.5, 0.6) is 0 Å². The summed E-state index contributed by atoms with van der Waals surface area (Å²) in [5.74, 6) is 0. The van der Waals surface area contributed by atoms with Gasteiger partial charge < -0.3 is 5.32 Å². The molecule has 0 heterocycles. The molecule has 0 saturated heterocycles. The van der Waals surface area contributed by atoms with Crippen molar-refractivity contribution < 1.29 is 0 Å².